The number of aromatic amines is 1. The SMILES string of the molecule is CCc1cncn1Cc1ccc(-c2ccccc2)c(=O)[nH]1. The summed E-state index contributed by atoms with van der Waals surface area (Å²) < 4.78 is 2.05. The number of nitrogens with zero attached hydrogens (tertiary/aromatic N) is 2. The fraction of sp³-hybridized carbons (Fsp3) is 0.176. The van der Waals surface area contributed by atoms with E-state index < -0.39 is 0 Å². The number of rotatable bonds is 4. The van der Waals surface area contributed by atoms with Crippen molar-refractivity contribution in [2.45, 2.75) is 19.9 Å². The Kier molecular flexibility index (Phi) is 3.69. The highest BCUT2D eigenvalue weighted by Gasteiger charge is 2.05. The Labute approximate surface area is 123 Å². The molecule has 1 aromatic carbocycles. The molecule has 2 aromatic heterocycles. The first-order chi connectivity index (χ1) is 10.3. The van der Waals surface area contributed by atoms with Crippen molar-refractivity contribution in [1.29, 1.82) is 0 Å². The van der Waals surface area contributed by atoms with E-state index in [0.717, 1.165) is 23.4 Å². The standard InChI is InChI=1S/C17H17N3O/c1-2-15-10-18-12-20(15)11-14-8-9-16(17(21)19-14)13-6-4-3-5-7-13/h3-10,12H,2,11H2,1H3,(H,19,21). The lowest BCUT2D eigenvalue weighted by molar-refractivity contribution is 0.727. The summed E-state index contributed by atoms with van der Waals surface area (Å²) >= 11 is 0. The van der Waals surface area contributed by atoms with Crippen LogP contribution < -0.4 is 5.56 Å². The first-order valence-electron chi connectivity index (χ1n) is 7.04. The first kappa shape index (κ1) is 13.4. The van der Waals surface area contributed by atoms with E-state index in [9.17, 15) is 4.79 Å². The summed E-state index contributed by atoms with van der Waals surface area (Å²) in [5.74, 6) is 0. The molecule has 0 amide bonds. The molecule has 0 bridgehead atoms. The molecule has 0 saturated heterocycles. The van der Waals surface area contributed by atoms with Crippen LogP contribution in [0.2, 0.25) is 0 Å². The van der Waals surface area contributed by atoms with E-state index >= 15 is 0 Å². The van der Waals surface area contributed by atoms with Crippen molar-refractivity contribution in [3.8, 4) is 11.1 Å². The van der Waals surface area contributed by atoms with Crippen molar-refractivity contribution in [1.82, 2.24) is 14.5 Å². The number of hydrogen-bond acceptors (Lipinski definition) is 2. The molecule has 3 rings (SSSR count). The summed E-state index contributed by atoms with van der Waals surface area (Å²) in [7, 11) is 0. The normalized spacial score (nSPS) is 10.7. The second kappa shape index (κ2) is 5.79. The van der Waals surface area contributed by atoms with Gasteiger partial charge in [0.2, 0.25) is 0 Å². The van der Waals surface area contributed by atoms with E-state index in [1.165, 1.54) is 0 Å². The van der Waals surface area contributed by atoms with Crippen LogP contribution in [0.25, 0.3) is 11.1 Å². The minimum Gasteiger partial charge on any atom is -0.329 e. The van der Waals surface area contributed by atoms with Gasteiger partial charge in [0.05, 0.1) is 12.9 Å². The molecule has 3 aromatic rings. The molecule has 106 valence electrons. The monoisotopic (exact) mass is 279 g/mol. The Morgan fingerprint density at radius 2 is 1.95 bits per heavy atom. The molecule has 0 spiro atoms. The molecule has 0 radical (unpaired) electrons. The third-order valence-electron chi connectivity index (χ3n) is 3.56. The molecule has 0 fully saturated rings. The highest BCUT2D eigenvalue weighted by atomic mass is 16.1. The van der Waals surface area contributed by atoms with Gasteiger partial charge in [0.15, 0.2) is 0 Å². The zero-order chi connectivity index (χ0) is 14.7. The fourth-order valence-corrected chi connectivity index (χ4v) is 2.42. The van der Waals surface area contributed by atoms with Crippen molar-refractivity contribution in [2.75, 3.05) is 0 Å². The number of aryl methyl sites for hydroxylation is 1. The molecule has 0 aliphatic rings. The van der Waals surface area contributed by atoms with E-state index in [1.54, 1.807) is 6.33 Å². The lowest BCUT2D eigenvalue weighted by Gasteiger charge is -2.08. The first-order valence-corrected chi connectivity index (χ1v) is 7.04. The Morgan fingerprint density at radius 1 is 1.14 bits per heavy atom. The topological polar surface area (TPSA) is 50.7 Å². The molecular formula is C17H17N3O. The zero-order valence-corrected chi connectivity index (χ0v) is 11.9. The van der Waals surface area contributed by atoms with Gasteiger partial charge in [-0.1, -0.05) is 37.3 Å². The maximum atomic E-state index is 12.2. The number of H-pyrrole nitrogens is 1. The van der Waals surface area contributed by atoms with Crippen LogP contribution in [0.15, 0.2) is 59.8 Å². The summed E-state index contributed by atoms with van der Waals surface area (Å²) in [4.78, 5) is 19.4. The smallest absolute Gasteiger partial charge is 0.256 e. The summed E-state index contributed by atoms with van der Waals surface area (Å²) in [6.07, 6.45) is 4.57. The largest absolute Gasteiger partial charge is 0.329 e. The van der Waals surface area contributed by atoms with Crippen LogP contribution in [-0.4, -0.2) is 14.5 Å². The number of hydrogen-bond donors (Lipinski definition) is 1. The van der Waals surface area contributed by atoms with Crippen LogP contribution in [0.3, 0.4) is 0 Å². The molecule has 0 saturated carbocycles. The predicted molar refractivity (Wildman–Crippen MR) is 83.2 cm³/mol. The van der Waals surface area contributed by atoms with Crippen LogP contribution in [0.4, 0.5) is 0 Å². The summed E-state index contributed by atoms with van der Waals surface area (Å²) in [5.41, 5.74) is 3.61. The van der Waals surface area contributed by atoms with Gasteiger partial charge in [-0.25, -0.2) is 4.98 Å². The molecule has 0 unspecified atom stereocenters. The van der Waals surface area contributed by atoms with Gasteiger partial charge in [0.1, 0.15) is 0 Å². The highest BCUT2D eigenvalue weighted by molar-refractivity contribution is 5.62. The van der Waals surface area contributed by atoms with Gasteiger partial charge in [-0.05, 0) is 24.1 Å². The van der Waals surface area contributed by atoms with E-state index in [-0.39, 0.29) is 5.56 Å². The molecule has 2 heterocycles. The van der Waals surface area contributed by atoms with E-state index in [0.29, 0.717) is 12.1 Å². The van der Waals surface area contributed by atoms with E-state index in [2.05, 4.69) is 16.9 Å². The van der Waals surface area contributed by atoms with E-state index in [4.69, 9.17) is 0 Å². The van der Waals surface area contributed by atoms with Crippen molar-refractivity contribution in [3.63, 3.8) is 0 Å². The van der Waals surface area contributed by atoms with Gasteiger partial charge >= 0.3 is 0 Å². The van der Waals surface area contributed by atoms with Crippen LogP contribution in [0.5, 0.6) is 0 Å². The van der Waals surface area contributed by atoms with Gasteiger partial charge < -0.3 is 9.55 Å². The molecular weight excluding hydrogens is 262 g/mol. The quantitative estimate of drug-likeness (QED) is 0.798. The maximum Gasteiger partial charge on any atom is 0.256 e. The average Bonchev–Trinajstić information content (AvgIpc) is 2.95. The summed E-state index contributed by atoms with van der Waals surface area (Å²) in [5, 5.41) is 0. The Bertz CT molecular complexity index is 787. The summed E-state index contributed by atoms with van der Waals surface area (Å²) in [6.45, 7) is 2.72. The second-order valence-corrected chi connectivity index (χ2v) is 4.96. The average molecular weight is 279 g/mol. The predicted octanol–water partition coefficient (Wildman–Crippen LogP) is 2.85. The molecule has 0 aliphatic carbocycles. The van der Waals surface area contributed by atoms with Crippen LogP contribution in [-0.2, 0) is 13.0 Å². The van der Waals surface area contributed by atoms with E-state index in [1.807, 2.05) is 53.2 Å². The van der Waals surface area contributed by atoms with Crippen molar-refractivity contribution < 1.29 is 0 Å². The number of benzene rings is 1. The van der Waals surface area contributed by atoms with Crippen molar-refractivity contribution in [2.24, 2.45) is 0 Å². The van der Waals surface area contributed by atoms with Gasteiger partial charge in [0.25, 0.3) is 5.56 Å². The highest BCUT2D eigenvalue weighted by Crippen LogP contribution is 2.14. The maximum absolute atomic E-state index is 12.2. The third-order valence-corrected chi connectivity index (χ3v) is 3.56. The molecule has 0 aliphatic heterocycles. The molecule has 1 N–H and O–H groups in total. The Hall–Kier alpha value is -2.62. The summed E-state index contributed by atoms with van der Waals surface area (Å²) in [6, 6.07) is 13.5. The lowest BCUT2D eigenvalue weighted by Crippen LogP contribution is -2.13. The van der Waals surface area contributed by atoms with Gasteiger partial charge in [0, 0.05) is 23.1 Å². The molecule has 0 atom stereocenters. The number of aromatic nitrogens is 3. The number of pyridine rings is 1. The number of imidazole rings is 1. The van der Waals surface area contributed by atoms with Crippen molar-refractivity contribution >= 4 is 0 Å². The van der Waals surface area contributed by atoms with Gasteiger partial charge in [-0.2, -0.15) is 0 Å². The van der Waals surface area contributed by atoms with Gasteiger partial charge in [-0.3, -0.25) is 4.79 Å². The fourth-order valence-electron chi connectivity index (χ4n) is 2.42. The van der Waals surface area contributed by atoms with Crippen molar-refractivity contribution in [3.05, 3.63) is 76.7 Å². The Morgan fingerprint density at radius 3 is 2.67 bits per heavy atom. The number of nitrogens with one attached hydrogen (secondary N) is 1. The second-order valence-electron chi connectivity index (χ2n) is 4.96. The minimum atomic E-state index is -0.0585. The van der Waals surface area contributed by atoms with Crippen LogP contribution >= 0.6 is 0 Å². The molecule has 4 heteroatoms. The Balaban J connectivity index is 1.90. The van der Waals surface area contributed by atoms with Crippen LogP contribution in [0, 0.1) is 0 Å². The minimum absolute atomic E-state index is 0.0585. The van der Waals surface area contributed by atoms with Crippen LogP contribution in [0.1, 0.15) is 18.3 Å². The third kappa shape index (κ3) is 2.79. The van der Waals surface area contributed by atoms with Gasteiger partial charge in [-0.15, -0.1) is 0 Å². The molecule has 4 nitrogen and oxygen atoms in total. The lowest BCUT2D eigenvalue weighted by atomic mass is 10.1. The molecule has 21 heavy (non-hydrogen) atoms. The zero-order valence-electron chi connectivity index (χ0n) is 11.9.